The number of hydrogen-bond donors (Lipinski definition) is 0. The van der Waals surface area contributed by atoms with Crippen LogP contribution in [0.2, 0.25) is 0 Å². The average Bonchev–Trinajstić information content (AvgIpc) is 3.31. The summed E-state index contributed by atoms with van der Waals surface area (Å²) in [6.45, 7) is 2.42. The lowest BCUT2D eigenvalue weighted by atomic mass is 9.54. The summed E-state index contributed by atoms with van der Waals surface area (Å²) < 4.78 is 0. The summed E-state index contributed by atoms with van der Waals surface area (Å²) in [5.74, 6) is 7.93. The average molecular weight is 331 g/mol. The Balaban J connectivity index is 1.58. The van der Waals surface area contributed by atoms with Gasteiger partial charge in [0.15, 0.2) is 0 Å². The molecule has 0 heterocycles. The van der Waals surface area contributed by atoms with Crippen LogP contribution in [0.25, 0.3) is 0 Å². The number of hydrogen-bond acceptors (Lipinski definition) is 0. The zero-order chi connectivity index (χ0) is 16.4. The van der Waals surface area contributed by atoms with Gasteiger partial charge in [0.1, 0.15) is 0 Å². The summed E-state index contributed by atoms with van der Waals surface area (Å²) in [6, 6.07) is 0. The topological polar surface area (TPSA) is 0 Å². The van der Waals surface area contributed by atoms with Gasteiger partial charge < -0.3 is 0 Å². The normalized spacial score (nSPS) is 41.6. The molecule has 4 aliphatic rings. The van der Waals surface area contributed by atoms with Gasteiger partial charge in [-0.05, 0) is 60.7 Å². The molecule has 4 fully saturated rings. The third-order valence-corrected chi connectivity index (χ3v) is 8.92. The maximum Gasteiger partial charge on any atom is -0.0324 e. The van der Waals surface area contributed by atoms with Gasteiger partial charge in [-0.1, -0.05) is 90.4 Å². The van der Waals surface area contributed by atoms with Crippen LogP contribution in [0.15, 0.2) is 0 Å². The van der Waals surface area contributed by atoms with E-state index in [1.165, 1.54) is 19.3 Å². The van der Waals surface area contributed by atoms with Crippen molar-refractivity contribution in [2.45, 2.75) is 110 Å². The second-order valence-corrected chi connectivity index (χ2v) is 10.1. The Morgan fingerprint density at radius 1 is 0.625 bits per heavy atom. The van der Waals surface area contributed by atoms with Crippen molar-refractivity contribution in [3.8, 4) is 0 Å². The highest BCUT2D eigenvalue weighted by Gasteiger charge is 2.50. The minimum atomic E-state index is 1.12. The highest BCUT2D eigenvalue weighted by atomic mass is 14.5. The standard InChI is InChI=1S/C24H42/c1-2-3-15-22-23(18-10-5-4-6-11-18)17-20-14-9-16-21(20)24(22)19-12-7-8-13-19/h18-24H,2-17H2,1H3. The monoisotopic (exact) mass is 330 g/mol. The molecule has 4 aliphatic carbocycles. The number of unbranched alkanes of at least 4 members (excludes halogenated alkanes) is 1. The van der Waals surface area contributed by atoms with Crippen molar-refractivity contribution in [2.24, 2.45) is 41.4 Å². The molecule has 0 aromatic heterocycles. The lowest BCUT2D eigenvalue weighted by Gasteiger charge is -2.51. The zero-order valence-corrected chi connectivity index (χ0v) is 16.4. The highest BCUT2D eigenvalue weighted by Crippen LogP contribution is 2.58. The van der Waals surface area contributed by atoms with Crippen molar-refractivity contribution in [1.29, 1.82) is 0 Å². The van der Waals surface area contributed by atoms with Gasteiger partial charge >= 0.3 is 0 Å². The Labute approximate surface area is 151 Å². The fourth-order valence-electron chi connectivity index (χ4n) is 7.98. The SMILES string of the molecule is CCCCC1C(C2CCCCC2)CC2CCCC2C1C1CCCC1. The van der Waals surface area contributed by atoms with Crippen molar-refractivity contribution in [2.75, 3.05) is 0 Å². The van der Waals surface area contributed by atoms with Crippen LogP contribution < -0.4 is 0 Å². The van der Waals surface area contributed by atoms with E-state index in [0.717, 1.165) is 41.4 Å². The summed E-state index contributed by atoms with van der Waals surface area (Å²) in [4.78, 5) is 0. The van der Waals surface area contributed by atoms with Crippen molar-refractivity contribution in [3.05, 3.63) is 0 Å². The van der Waals surface area contributed by atoms with Crippen LogP contribution in [0.3, 0.4) is 0 Å². The molecule has 0 heteroatoms. The predicted molar refractivity (Wildman–Crippen MR) is 104 cm³/mol. The molecule has 24 heavy (non-hydrogen) atoms. The van der Waals surface area contributed by atoms with Gasteiger partial charge in [0, 0.05) is 0 Å². The summed E-state index contributed by atoms with van der Waals surface area (Å²) >= 11 is 0. The van der Waals surface area contributed by atoms with E-state index < -0.39 is 0 Å². The largest absolute Gasteiger partial charge is 0.0654 e. The van der Waals surface area contributed by atoms with Crippen LogP contribution in [-0.2, 0) is 0 Å². The van der Waals surface area contributed by atoms with E-state index >= 15 is 0 Å². The lowest BCUT2D eigenvalue weighted by molar-refractivity contribution is -0.0225. The second-order valence-electron chi connectivity index (χ2n) is 10.1. The summed E-state index contributed by atoms with van der Waals surface area (Å²) in [5.41, 5.74) is 0. The third kappa shape index (κ3) is 3.45. The van der Waals surface area contributed by atoms with Gasteiger partial charge in [0.25, 0.3) is 0 Å². The first-order valence-corrected chi connectivity index (χ1v) is 11.9. The van der Waals surface area contributed by atoms with Crippen LogP contribution >= 0.6 is 0 Å². The molecule has 0 aromatic rings. The molecular formula is C24H42. The van der Waals surface area contributed by atoms with Gasteiger partial charge in [-0.15, -0.1) is 0 Å². The van der Waals surface area contributed by atoms with E-state index in [1.54, 1.807) is 83.5 Å². The molecule has 0 aromatic carbocycles. The van der Waals surface area contributed by atoms with Gasteiger partial charge in [0.2, 0.25) is 0 Å². The third-order valence-electron chi connectivity index (χ3n) is 8.92. The molecular weight excluding hydrogens is 288 g/mol. The molecule has 0 amide bonds. The van der Waals surface area contributed by atoms with E-state index in [9.17, 15) is 0 Å². The summed E-state index contributed by atoms with van der Waals surface area (Å²) in [6.07, 6.45) is 25.0. The van der Waals surface area contributed by atoms with Crippen LogP contribution in [0.1, 0.15) is 110 Å². The smallest absolute Gasteiger partial charge is 0.0324 e. The van der Waals surface area contributed by atoms with Gasteiger partial charge in [0.05, 0.1) is 0 Å². The second kappa shape index (κ2) is 8.13. The summed E-state index contributed by atoms with van der Waals surface area (Å²) in [5, 5.41) is 0. The zero-order valence-electron chi connectivity index (χ0n) is 16.4. The van der Waals surface area contributed by atoms with E-state index in [1.807, 2.05) is 0 Å². The Bertz CT molecular complexity index is 373. The van der Waals surface area contributed by atoms with Gasteiger partial charge in [-0.25, -0.2) is 0 Å². The molecule has 0 spiro atoms. The number of rotatable bonds is 5. The molecule has 0 aliphatic heterocycles. The van der Waals surface area contributed by atoms with E-state index in [-0.39, 0.29) is 0 Å². The fraction of sp³-hybridized carbons (Fsp3) is 1.00. The van der Waals surface area contributed by atoms with Crippen molar-refractivity contribution in [3.63, 3.8) is 0 Å². The van der Waals surface area contributed by atoms with Gasteiger partial charge in [-0.2, -0.15) is 0 Å². The maximum absolute atomic E-state index is 2.42. The minimum absolute atomic E-state index is 1.12. The van der Waals surface area contributed by atoms with Crippen molar-refractivity contribution in [1.82, 2.24) is 0 Å². The molecule has 5 atom stereocenters. The van der Waals surface area contributed by atoms with Crippen LogP contribution in [0.5, 0.6) is 0 Å². The molecule has 5 unspecified atom stereocenters. The first-order valence-electron chi connectivity index (χ1n) is 11.9. The molecule has 138 valence electrons. The summed E-state index contributed by atoms with van der Waals surface area (Å²) in [7, 11) is 0. The van der Waals surface area contributed by atoms with Crippen LogP contribution in [-0.4, -0.2) is 0 Å². The molecule has 0 radical (unpaired) electrons. The Morgan fingerprint density at radius 3 is 2.04 bits per heavy atom. The van der Waals surface area contributed by atoms with Crippen molar-refractivity contribution >= 4 is 0 Å². The molecule has 4 saturated carbocycles. The quantitative estimate of drug-likeness (QED) is 0.486. The predicted octanol–water partition coefficient (Wildman–Crippen LogP) is 7.62. The van der Waals surface area contributed by atoms with Crippen LogP contribution in [0.4, 0.5) is 0 Å². The Morgan fingerprint density at radius 2 is 1.29 bits per heavy atom. The minimum Gasteiger partial charge on any atom is -0.0654 e. The van der Waals surface area contributed by atoms with E-state index in [0.29, 0.717) is 0 Å². The molecule has 0 bridgehead atoms. The first kappa shape index (κ1) is 17.4. The maximum atomic E-state index is 2.42. The molecule has 0 nitrogen and oxygen atoms in total. The highest BCUT2D eigenvalue weighted by molar-refractivity contribution is 4.99. The van der Waals surface area contributed by atoms with Gasteiger partial charge in [-0.3, -0.25) is 0 Å². The van der Waals surface area contributed by atoms with E-state index in [2.05, 4.69) is 6.92 Å². The van der Waals surface area contributed by atoms with Crippen LogP contribution in [0, 0.1) is 41.4 Å². The molecule has 0 saturated heterocycles. The first-order chi connectivity index (χ1) is 11.9. The number of fused-ring (bicyclic) bond motifs is 1. The molecule has 0 N–H and O–H groups in total. The van der Waals surface area contributed by atoms with Crippen molar-refractivity contribution < 1.29 is 0 Å². The Hall–Kier alpha value is 0. The molecule has 4 rings (SSSR count). The Kier molecular flexibility index (Phi) is 5.90. The fourth-order valence-corrected chi connectivity index (χ4v) is 7.98. The lowest BCUT2D eigenvalue weighted by Crippen LogP contribution is -2.44. The van der Waals surface area contributed by atoms with E-state index in [4.69, 9.17) is 0 Å².